The van der Waals surface area contributed by atoms with Gasteiger partial charge in [0.25, 0.3) is 0 Å². The van der Waals surface area contributed by atoms with Crippen molar-refractivity contribution in [2.45, 2.75) is 36.0 Å². The SMILES string of the molecule is C/C(=N\N=c1\sc(C(=O)c2ccc(S(=O)(=O)N3CCCCC3)cc2)nn1-c1ccccc1)c1ccc(S(=O)(=O)N2CCOCC2)cc1. The number of ether oxygens (including phenoxy) is 1. The monoisotopic (exact) mass is 694 g/mol. The van der Waals surface area contributed by atoms with Crippen LogP contribution in [0.2, 0.25) is 0 Å². The summed E-state index contributed by atoms with van der Waals surface area (Å²) in [6, 6.07) is 21.6. The van der Waals surface area contributed by atoms with E-state index >= 15 is 0 Å². The number of aromatic nitrogens is 2. The maximum Gasteiger partial charge on any atom is 0.243 e. The standard InChI is InChI=1S/C32H34N6O6S3/c1-24(25-10-14-28(15-11-25)47(42,43)37-20-22-44-23-21-37)33-34-32-38(27-8-4-2-5-9-27)35-31(45-32)30(39)26-12-16-29(17-13-26)46(40,41)36-18-6-3-7-19-36/h2,4-5,8-17H,3,6-7,18-23H2,1H3/b33-24+,34-32+. The number of sulfonamides is 2. The molecule has 47 heavy (non-hydrogen) atoms. The van der Waals surface area contributed by atoms with E-state index in [9.17, 15) is 21.6 Å². The average molecular weight is 695 g/mol. The van der Waals surface area contributed by atoms with Crippen molar-refractivity contribution in [2.24, 2.45) is 10.2 Å². The molecule has 4 aromatic rings. The first-order valence-electron chi connectivity index (χ1n) is 15.2. The maximum atomic E-state index is 13.5. The lowest BCUT2D eigenvalue weighted by Crippen LogP contribution is -2.40. The van der Waals surface area contributed by atoms with E-state index in [1.165, 1.54) is 37.6 Å². The van der Waals surface area contributed by atoms with Crippen molar-refractivity contribution in [2.75, 3.05) is 39.4 Å². The highest BCUT2D eigenvalue weighted by Gasteiger charge is 2.27. The molecule has 0 radical (unpaired) electrons. The molecule has 1 aromatic heterocycles. The average Bonchev–Trinajstić information content (AvgIpc) is 3.56. The number of piperidine rings is 1. The van der Waals surface area contributed by atoms with Gasteiger partial charge in [0.15, 0.2) is 5.01 Å². The number of para-hydroxylation sites is 1. The van der Waals surface area contributed by atoms with Gasteiger partial charge in [-0.3, -0.25) is 4.79 Å². The van der Waals surface area contributed by atoms with E-state index in [0.717, 1.165) is 30.6 Å². The second-order valence-electron chi connectivity index (χ2n) is 11.1. The second-order valence-corrected chi connectivity index (χ2v) is 15.9. The molecule has 0 aliphatic carbocycles. The third-order valence-corrected chi connectivity index (χ3v) is 12.7. The molecule has 0 N–H and O–H groups in total. The third-order valence-electron chi connectivity index (χ3n) is 7.99. The summed E-state index contributed by atoms with van der Waals surface area (Å²) in [5.41, 5.74) is 2.19. The largest absolute Gasteiger partial charge is 0.379 e. The molecule has 2 aliphatic rings. The second kappa shape index (κ2) is 14.1. The lowest BCUT2D eigenvalue weighted by Gasteiger charge is -2.26. The number of carbonyl (C=O) groups excluding carboxylic acids is 1. The Kier molecular flexibility index (Phi) is 9.91. The van der Waals surface area contributed by atoms with E-state index in [1.54, 1.807) is 31.2 Å². The Morgan fingerprint density at radius 3 is 1.89 bits per heavy atom. The Morgan fingerprint density at radius 1 is 0.745 bits per heavy atom. The zero-order valence-electron chi connectivity index (χ0n) is 25.7. The van der Waals surface area contributed by atoms with Gasteiger partial charge in [0.05, 0.1) is 34.4 Å². The van der Waals surface area contributed by atoms with Crippen molar-refractivity contribution in [1.29, 1.82) is 0 Å². The Labute approximate surface area is 277 Å². The van der Waals surface area contributed by atoms with E-state index < -0.39 is 20.0 Å². The number of benzene rings is 3. The van der Waals surface area contributed by atoms with Crippen molar-refractivity contribution >= 4 is 42.9 Å². The summed E-state index contributed by atoms with van der Waals surface area (Å²) in [6.07, 6.45) is 2.69. The fourth-order valence-electron chi connectivity index (χ4n) is 5.31. The first kappa shape index (κ1) is 33.1. The van der Waals surface area contributed by atoms with E-state index in [-0.39, 0.29) is 20.6 Å². The summed E-state index contributed by atoms with van der Waals surface area (Å²) in [4.78, 5) is 14.2. The molecule has 2 aliphatic heterocycles. The first-order valence-corrected chi connectivity index (χ1v) is 18.9. The predicted octanol–water partition coefficient (Wildman–Crippen LogP) is 3.69. The van der Waals surface area contributed by atoms with Gasteiger partial charge in [-0.2, -0.15) is 18.8 Å². The zero-order chi connectivity index (χ0) is 33.0. The highest BCUT2D eigenvalue weighted by molar-refractivity contribution is 7.89. The van der Waals surface area contributed by atoms with Crippen molar-refractivity contribution in [3.63, 3.8) is 0 Å². The summed E-state index contributed by atoms with van der Waals surface area (Å²) in [6.45, 7) is 4.12. The van der Waals surface area contributed by atoms with Crippen LogP contribution < -0.4 is 4.80 Å². The van der Waals surface area contributed by atoms with Crippen LogP contribution in [0.3, 0.4) is 0 Å². The van der Waals surface area contributed by atoms with Gasteiger partial charge in [0.1, 0.15) is 0 Å². The highest BCUT2D eigenvalue weighted by atomic mass is 32.2. The lowest BCUT2D eigenvalue weighted by atomic mass is 10.1. The van der Waals surface area contributed by atoms with E-state index in [0.29, 0.717) is 66.7 Å². The Balaban J connectivity index is 1.27. The first-order chi connectivity index (χ1) is 22.6. The van der Waals surface area contributed by atoms with Crippen molar-refractivity contribution in [3.8, 4) is 5.69 Å². The highest BCUT2D eigenvalue weighted by Crippen LogP contribution is 2.22. The van der Waals surface area contributed by atoms with Crippen LogP contribution in [-0.2, 0) is 24.8 Å². The van der Waals surface area contributed by atoms with E-state index in [2.05, 4.69) is 15.3 Å². The summed E-state index contributed by atoms with van der Waals surface area (Å²) in [7, 11) is -7.25. The van der Waals surface area contributed by atoms with E-state index in [4.69, 9.17) is 4.74 Å². The minimum absolute atomic E-state index is 0.154. The van der Waals surface area contributed by atoms with Crippen LogP contribution in [0.25, 0.3) is 5.69 Å². The molecule has 0 bridgehead atoms. The number of carbonyl (C=O) groups is 1. The van der Waals surface area contributed by atoms with Crippen LogP contribution in [-0.4, -0.2) is 86.1 Å². The zero-order valence-corrected chi connectivity index (χ0v) is 28.2. The molecule has 12 nitrogen and oxygen atoms in total. The number of hydrogen-bond donors (Lipinski definition) is 0. The molecular formula is C32H34N6O6S3. The van der Waals surface area contributed by atoms with Crippen LogP contribution in [0.1, 0.15) is 47.1 Å². The predicted molar refractivity (Wildman–Crippen MR) is 178 cm³/mol. The molecule has 0 saturated carbocycles. The lowest BCUT2D eigenvalue weighted by molar-refractivity contribution is 0.0730. The molecule has 2 saturated heterocycles. The van der Waals surface area contributed by atoms with Crippen LogP contribution in [0.15, 0.2) is 98.9 Å². The minimum Gasteiger partial charge on any atom is -0.379 e. The summed E-state index contributed by atoms with van der Waals surface area (Å²) in [5.74, 6) is -0.374. The van der Waals surface area contributed by atoms with Gasteiger partial charge in [-0.15, -0.1) is 5.10 Å². The Bertz CT molecular complexity index is 2050. The molecule has 0 atom stereocenters. The molecule has 15 heteroatoms. The minimum atomic E-state index is -3.62. The topological polar surface area (TPSA) is 144 Å². The number of hydrogen-bond acceptors (Lipinski definition) is 10. The van der Waals surface area contributed by atoms with Crippen molar-refractivity contribution in [1.82, 2.24) is 18.4 Å². The van der Waals surface area contributed by atoms with Gasteiger partial charge < -0.3 is 4.74 Å². The van der Waals surface area contributed by atoms with E-state index in [1.807, 2.05) is 30.3 Å². The maximum absolute atomic E-state index is 13.5. The number of nitrogens with zero attached hydrogens (tertiary/aromatic N) is 6. The number of rotatable bonds is 9. The third kappa shape index (κ3) is 7.20. The van der Waals surface area contributed by atoms with Crippen molar-refractivity contribution < 1.29 is 26.4 Å². The van der Waals surface area contributed by atoms with Gasteiger partial charge in [-0.25, -0.2) is 21.5 Å². The molecular weight excluding hydrogens is 661 g/mol. The number of morpholine rings is 1. The van der Waals surface area contributed by atoms with Crippen LogP contribution in [0, 0.1) is 0 Å². The van der Waals surface area contributed by atoms with Gasteiger partial charge in [0, 0.05) is 31.7 Å². The Hall–Kier alpha value is -3.86. The molecule has 0 unspecified atom stereocenters. The Morgan fingerprint density at radius 2 is 1.30 bits per heavy atom. The van der Waals surface area contributed by atoms with Gasteiger partial charge in [-0.1, -0.05) is 48.1 Å². The molecule has 3 heterocycles. The van der Waals surface area contributed by atoms with Crippen LogP contribution in [0.5, 0.6) is 0 Å². The molecule has 3 aromatic carbocycles. The normalized spacial score (nSPS) is 17.6. The molecule has 0 amide bonds. The quantitative estimate of drug-likeness (QED) is 0.148. The molecule has 6 rings (SSSR count). The fourth-order valence-corrected chi connectivity index (χ4v) is 9.06. The van der Waals surface area contributed by atoms with Gasteiger partial charge in [0.2, 0.25) is 30.6 Å². The molecule has 246 valence electrons. The van der Waals surface area contributed by atoms with Crippen LogP contribution in [0.4, 0.5) is 0 Å². The fraction of sp³-hybridized carbons (Fsp3) is 0.312. The van der Waals surface area contributed by atoms with Crippen molar-refractivity contribution in [3.05, 3.63) is 99.8 Å². The summed E-state index contributed by atoms with van der Waals surface area (Å²) < 4.78 is 61.8. The smallest absolute Gasteiger partial charge is 0.243 e. The summed E-state index contributed by atoms with van der Waals surface area (Å²) >= 11 is 1.06. The van der Waals surface area contributed by atoms with Crippen LogP contribution >= 0.6 is 11.3 Å². The summed E-state index contributed by atoms with van der Waals surface area (Å²) in [5, 5.41) is 13.5. The molecule has 0 spiro atoms. The number of ketones is 1. The molecule has 2 fully saturated rings. The van der Waals surface area contributed by atoms with Gasteiger partial charge in [-0.05, 0) is 73.9 Å². The van der Waals surface area contributed by atoms with Gasteiger partial charge >= 0.3 is 0 Å².